The first-order valence-corrected chi connectivity index (χ1v) is 4.89. The molecule has 11 heavy (non-hydrogen) atoms. The minimum atomic E-state index is 0.215. The van der Waals surface area contributed by atoms with E-state index in [-0.39, 0.29) is 5.91 Å². The van der Waals surface area contributed by atoms with Gasteiger partial charge >= 0.3 is 0 Å². The molecular weight excluding hydrogens is 158 g/mol. The number of hydrogen-bond donors (Lipinski definition) is 1. The summed E-state index contributed by atoms with van der Waals surface area (Å²) < 4.78 is 0. The molecule has 2 aliphatic heterocycles. The summed E-state index contributed by atoms with van der Waals surface area (Å²) in [5.74, 6) is 1.89. The Morgan fingerprint density at radius 1 is 1.73 bits per heavy atom. The van der Waals surface area contributed by atoms with Gasteiger partial charge in [0.05, 0.1) is 0 Å². The molecule has 0 spiro atoms. The lowest BCUT2D eigenvalue weighted by Gasteiger charge is -2.12. The number of amides is 1. The van der Waals surface area contributed by atoms with Crippen molar-refractivity contribution in [3.63, 3.8) is 0 Å². The number of fused-ring (bicyclic) bond motifs is 1. The molecule has 0 bridgehead atoms. The molecule has 1 N–H and O–H groups in total. The van der Waals surface area contributed by atoms with Crippen molar-refractivity contribution in [1.82, 2.24) is 5.32 Å². The van der Waals surface area contributed by atoms with E-state index >= 15 is 0 Å². The van der Waals surface area contributed by atoms with Crippen molar-refractivity contribution in [2.75, 3.05) is 5.75 Å². The van der Waals surface area contributed by atoms with Crippen LogP contribution in [0.4, 0.5) is 0 Å². The fourth-order valence-corrected chi connectivity index (χ4v) is 3.22. The molecule has 0 radical (unpaired) electrons. The number of carbonyl (C=O) groups excluding carboxylic acids is 1. The second-order valence-corrected chi connectivity index (χ2v) is 4.30. The summed E-state index contributed by atoms with van der Waals surface area (Å²) in [6, 6.07) is 0.380. The maximum absolute atomic E-state index is 11.0. The van der Waals surface area contributed by atoms with Gasteiger partial charge in [-0.05, 0) is 11.7 Å². The highest BCUT2D eigenvalue weighted by Crippen LogP contribution is 2.37. The third-order valence-electron chi connectivity index (χ3n) is 2.37. The van der Waals surface area contributed by atoms with Gasteiger partial charge < -0.3 is 5.32 Å². The van der Waals surface area contributed by atoms with E-state index in [1.165, 1.54) is 0 Å². The van der Waals surface area contributed by atoms with E-state index < -0.39 is 0 Å². The lowest BCUT2D eigenvalue weighted by atomic mass is 10.0. The van der Waals surface area contributed by atoms with Crippen LogP contribution in [-0.4, -0.2) is 23.0 Å². The normalized spacial score (nSPS) is 41.8. The van der Waals surface area contributed by atoms with Gasteiger partial charge in [-0.25, -0.2) is 0 Å². The summed E-state index contributed by atoms with van der Waals surface area (Å²) in [5, 5.41) is 3.44. The van der Waals surface area contributed by atoms with Gasteiger partial charge in [0.2, 0.25) is 5.91 Å². The predicted octanol–water partition coefficient (Wildman–Crippen LogP) is 0.792. The average molecular weight is 169 g/mol. The van der Waals surface area contributed by atoms with Crippen LogP contribution in [-0.2, 0) is 4.79 Å². The van der Waals surface area contributed by atoms with Gasteiger partial charge in [-0.2, -0.15) is 11.8 Å². The first-order valence-electron chi connectivity index (χ1n) is 3.85. The zero-order valence-electron chi connectivity index (χ0n) is 6.25. The fourth-order valence-electron chi connectivity index (χ4n) is 1.79. The molecular formula is C8H11NOS. The van der Waals surface area contributed by atoms with Crippen LogP contribution in [0.2, 0.25) is 0 Å². The van der Waals surface area contributed by atoms with Crippen LogP contribution in [0.3, 0.4) is 0 Å². The highest BCUT2D eigenvalue weighted by molar-refractivity contribution is 8.00. The molecule has 2 aliphatic rings. The number of nitrogens with one attached hydrogen (secondary N) is 1. The maximum Gasteiger partial charge on any atom is 0.220 e. The summed E-state index contributed by atoms with van der Waals surface area (Å²) in [4.78, 5) is 11.0. The Balaban J connectivity index is 2.12. The zero-order valence-corrected chi connectivity index (χ0v) is 7.06. The molecule has 2 fully saturated rings. The number of thioether (sulfide) groups is 1. The van der Waals surface area contributed by atoms with Gasteiger partial charge in [0, 0.05) is 17.7 Å². The lowest BCUT2D eigenvalue weighted by molar-refractivity contribution is -0.119. The van der Waals surface area contributed by atoms with Gasteiger partial charge in [-0.3, -0.25) is 4.79 Å². The van der Waals surface area contributed by atoms with Crippen molar-refractivity contribution in [2.24, 2.45) is 5.92 Å². The first-order chi connectivity index (χ1) is 5.31. The summed E-state index contributed by atoms with van der Waals surface area (Å²) >= 11 is 1.90. The van der Waals surface area contributed by atoms with E-state index in [4.69, 9.17) is 0 Å². The molecule has 2 nitrogen and oxygen atoms in total. The minimum absolute atomic E-state index is 0.215. The second-order valence-electron chi connectivity index (χ2n) is 3.09. The van der Waals surface area contributed by atoms with Crippen molar-refractivity contribution in [3.05, 3.63) is 12.7 Å². The quantitative estimate of drug-likeness (QED) is 0.588. The predicted molar refractivity (Wildman–Crippen MR) is 46.5 cm³/mol. The van der Waals surface area contributed by atoms with Crippen molar-refractivity contribution in [1.29, 1.82) is 0 Å². The molecule has 3 unspecified atom stereocenters. The monoisotopic (exact) mass is 169 g/mol. The molecule has 2 rings (SSSR count). The Bertz CT molecular complexity index is 204. The van der Waals surface area contributed by atoms with Gasteiger partial charge in [0.15, 0.2) is 0 Å². The molecule has 3 heteroatoms. The van der Waals surface area contributed by atoms with Crippen LogP contribution in [0.1, 0.15) is 6.42 Å². The van der Waals surface area contributed by atoms with Crippen molar-refractivity contribution in [2.45, 2.75) is 17.7 Å². The molecule has 1 amide bonds. The third kappa shape index (κ3) is 1.07. The Hall–Kier alpha value is -0.440. The maximum atomic E-state index is 11.0. The van der Waals surface area contributed by atoms with E-state index in [2.05, 4.69) is 11.9 Å². The van der Waals surface area contributed by atoms with Crippen LogP contribution in [0.25, 0.3) is 0 Å². The van der Waals surface area contributed by atoms with E-state index in [0.29, 0.717) is 17.2 Å². The summed E-state index contributed by atoms with van der Waals surface area (Å²) in [6.07, 6.45) is 2.67. The molecule has 3 atom stereocenters. The molecule has 0 aromatic rings. The van der Waals surface area contributed by atoms with Gasteiger partial charge in [-0.1, -0.05) is 6.08 Å². The largest absolute Gasteiger partial charge is 0.352 e. The zero-order chi connectivity index (χ0) is 7.84. The van der Waals surface area contributed by atoms with Crippen molar-refractivity contribution < 1.29 is 4.79 Å². The average Bonchev–Trinajstić information content (AvgIpc) is 2.45. The Morgan fingerprint density at radius 2 is 2.55 bits per heavy atom. The Kier molecular flexibility index (Phi) is 1.68. The van der Waals surface area contributed by atoms with Crippen molar-refractivity contribution in [3.8, 4) is 0 Å². The van der Waals surface area contributed by atoms with Crippen molar-refractivity contribution >= 4 is 17.7 Å². The highest BCUT2D eigenvalue weighted by atomic mass is 32.2. The van der Waals surface area contributed by atoms with Gasteiger partial charge in [0.1, 0.15) is 0 Å². The first kappa shape index (κ1) is 7.22. The van der Waals surface area contributed by atoms with Gasteiger partial charge in [0.25, 0.3) is 0 Å². The molecule has 0 saturated carbocycles. The van der Waals surface area contributed by atoms with Crippen LogP contribution < -0.4 is 5.32 Å². The van der Waals surface area contributed by atoms with E-state index in [1.54, 1.807) is 0 Å². The summed E-state index contributed by atoms with van der Waals surface area (Å²) in [7, 11) is 0. The van der Waals surface area contributed by atoms with Crippen LogP contribution in [0, 0.1) is 5.92 Å². The van der Waals surface area contributed by atoms with E-state index in [1.807, 2.05) is 17.8 Å². The smallest absolute Gasteiger partial charge is 0.220 e. The topological polar surface area (TPSA) is 29.1 Å². The molecule has 2 heterocycles. The molecule has 0 aliphatic carbocycles. The van der Waals surface area contributed by atoms with Crippen LogP contribution in [0.5, 0.6) is 0 Å². The van der Waals surface area contributed by atoms with Gasteiger partial charge in [-0.15, -0.1) is 6.58 Å². The minimum Gasteiger partial charge on any atom is -0.352 e. The standard InChI is InChI=1S/C8H11NOS/c1-2-6-8-5(4-11-6)3-7(10)9-8/h2,5-6,8H,1,3-4H2,(H,9,10). The summed E-state index contributed by atoms with van der Waals surface area (Å²) in [6.45, 7) is 3.76. The number of hydrogen-bond acceptors (Lipinski definition) is 2. The molecule has 60 valence electrons. The fraction of sp³-hybridized carbons (Fsp3) is 0.625. The van der Waals surface area contributed by atoms with E-state index in [0.717, 1.165) is 12.2 Å². The number of rotatable bonds is 1. The summed E-state index contributed by atoms with van der Waals surface area (Å²) in [5.41, 5.74) is 0. The third-order valence-corrected chi connectivity index (χ3v) is 3.86. The van der Waals surface area contributed by atoms with E-state index in [9.17, 15) is 4.79 Å². The number of carbonyl (C=O) groups is 1. The molecule has 0 aromatic heterocycles. The highest BCUT2D eigenvalue weighted by Gasteiger charge is 2.41. The Morgan fingerprint density at radius 3 is 3.27 bits per heavy atom. The second kappa shape index (κ2) is 2.55. The van der Waals surface area contributed by atoms with Crippen LogP contribution >= 0.6 is 11.8 Å². The van der Waals surface area contributed by atoms with Crippen LogP contribution in [0.15, 0.2) is 12.7 Å². The molecule has 2 saturated heterocycles. The molecule has 0 aromatic carbocycles. The Labute approximate surface area is 70.4 Å². The SMILES string of the molecule is C=CC1SCC2CC(=O)NC21. The lowest BCUT2D eigenvalue weighted by Crippen LogP contribution is -2.33.